The number of carbonyl (C=O) groups excluding carboxylic acids is 1. The van der Waals surface area contributed by atoms with Crippen LogP contribution in [0.4, 0.5) is 0 Å². The van der Waals surface area contributed by atoms with Gasteiger partial charge in [0.15, 0.2) is 0 Å². The Morgan fingerprint density at radius 3 is 2.20 bits per heavy atom. The Morgan fingerprint density at radius 1 is 1.33 bits per heavy atom. The van der Waals surface area contributed by atoms with Crippen LogP contribution >= 0.6 is 0 Å². The zero-order valence-corrected chi connectivity index (χ0v) is 10.7. The SMILES string of the molecule is C=C(CC)C(=O)OC(CCC)C(C)(C)C. The van der Waals surface area contributed by atoms with Gasteiger partial charge in [-0.15, -0.1) is 0 Å². The lowest BCUT2D eigenvalue weighted by Gasteiger charge is -2.30. The Morgan fingerprint density at radius 2 is 1.87 bits per heavy atom. The monoisotopic (exact) mass is 212 g/mol. The standard InChI is InChI=1S/C13H24O2/c1-7-9-11(13(4,5)6)15-12(14)10(3)8-2/h11H,3,7-9H2,1-2,4-6H3. The lowest BCUT2D eigenvalue weighted by molar-refractivity contribution is -0.150. The van der Waals surface area contributed by atoms with E-state index < -0.39 is 0 Å². The Kier molecular flexibility index (Phi) is 5.63. The molecule has 0 rings (SSSR count). The molecule has 0 aromatic heterocycles. The molecule has 0 fully saturated rings. The van der Waals surface area contributed by atoms with Crippen molar-refractivity contribution in [3.63, 3.8) is 0 Å². The molecule has 88 valence electrons. The van der Waals surface area contributed by atoms with E-state index in [9.17, 15) is 4.79 Å². The quantitative estimate of drug-likeness (QED) is 0.513. The van der Waals surface area contributed by atoms with Crippen molar-refractivity contribution in [1.82, 2.24) is 0 Å². The lowest BCUT2D eigenvalue weighted by Crippen LogP contribution is -2.31. The first-order chi connectivity index (χ1) is 6.82. The van der Waals surface area contributed by atoms with Gasteiger partial charge in [0.2, 0.25) is 0 Å². The molecule has 0 saturated heterocycles. The second kappa shape index (κ2) is 5.94. The maximum atomic E-state index is 11.6. The fourth-order valence-corrected chi connectivity index (χ4v) is 1.29. The number of hydrogen-bond acceptors (Lipinski definition) is 2. The molecule has 0 aliphatic rings. The van der Waals surface area contributed by atoms with E-state index in [-0.39, 0.29) is 17.5 Å². The molecule has 0 bridgehead atoms. The molecular formula is C13H24O2. The highest BCUT2D eigenvalue weighted by atomic mass is 16.5. The fraction of sp³-hybridized carbons (Fsp3) is 0.769. The van der Waals surface area contributed by atoms with Crippen molar-refractivity contribution < 1.29 is 9.53 Å². The lowest BCUT2D eigenvalue weighted by atomic mass is 9.86. The van der Waals surface area contributed by atoms with E-state index in [0.717, 1.165) is 12.8 Å². The van der Waals surface area contributed by atoms with Gasteiger partial charge in [0.1, 0.15) is 6.10 Å². The van der Waals surface area contributed by atoms with E-state index in [1.54, 1.807) is 0 Å². The van der Waals surface area contributed by atoms with Crippen molar-refractivity contribution in [2.45, 2.75) is 60.0 Å². The van der Waals surface area contributed by atoms with Crippen molar-refractivity contribution in [3.05, 3.63) is 12.2 Å². The van der Waals surface area contributed by atoms with E-state index >= 15 is 0 Å². The molecule has 0 saturated carbocycles. The predicted molar refractivity (Wildman–Crippen MR) is 63.7 cm³/mol. The predicted octanol–water partition coefficient (Wildman–Crippen LogP) is 3.71. The number of ether oxygens (including phenoxy) is 1. The maximum Gasteiger partial charge on any atom is 0.333 e. The largest absolute Gasteiger partial charge is 0.458 e. The Balaban J connectivity index is 4.42. The number of hydrogen-bond donors (Lipinski definition) is 0. The highest BCUT2D eigenvalue weighted by molar-refractivity contribution is 5.87. The summed E-state index contributed by atoms with van der Waals surface area (Å²) < 4.78 is 5.47. The number of carbonyl (C=O) groups is 1. The van der Waals surface area contributed by atoms with Crippen LogP contribution < -0.4 is 0 Å². The summed E-state index contributed by atoms with van der Waals surface area (Å²) in [6, 6.07) is 0. The summed E-state index contributed by atoms with van der Waals surface area (Å²) in [6.45, 7) is 14.0. The zero-order valence-electron chi connectivity index (χ0n) is 10.7. The van der Waals surface area contributed by atoms with Crippen LogP contribution in [-0.2, 0) is 9.53 Å². The van der Waals surface area contributed by atoms with E-state index in [2.05, 4.69) is 34.3 Å². The molecular weight excluding hydrogens is 188 g/mol. The molecule has 0 aromatic carbocycles. The first kappa shape index (κ1) is 14.2. The second-order valence-electron chi connectivity index (χ2n) is 5.01. The molecule has 15 heavy (non-hydrogen) atoms. The fourth-order valence-electron chi connectivity index (χ4n) is 1.29. The van der Waals surface area contributed by atoms with Crippen molar-refractivity contribution in [1.29, 1.82) is 0 Å². The summed E-state index contributed by atoms with van der Waals surface area (Å²) in [5.74, 6) is -0.245. The summed E-state index contributed by atoms with van der Waals surface area (Å²) in [5, 5.41) is 0. The average molecular weight is 212 g/mol. The van der Waals surface area contributed by atoms with Crippen molar-refractivity contribution in [2.75, 3.05) is 0 Å². The van der Waals surface area contributed by atoms with Gasteiger partial charge >= 0.3 is 5.97 Å². The molecule has 0 spiro atoms. The first-order valence-corrected chi connectivity index (χ1v) is 5.71. The molecule has 2 heteroatoms. The van der Waals surface area contributed by atoms with Crippen LogP contribution in [0.15, 0.2) is 12.2 Å². The van der Waals surface area contributed by atoms with E-state index in [1.165, 1.54) is 0 Å². The highest BCUT2D eigenvalue weighted by Gasteiger charge is 2.27. The average Bonchev–Trinajstić information content (AvgIpc) is 2.14. The molecule has 0 amide bonds. The van der Waals surface area contributed by atoms with Gasteiger partial charge in [-0.3, -0.25) is 0 Å². The molecule has 1 unspecified atom stereocenters. The smallest absolute Gasteiger partial charge is 0.333 e. The van der Waals surface area contributed by atoms with Gasteiger partial charge in [-0.1, -0.05) is 47.6 Å². The molecule has 0 radical (unpaired) electrons. The van der Waals surface area contributed by atoms with Gasteiger partial charge in [0.25, 0.3) is 0 Å². The van der Waals surface area contributed by atoms with Crippen LogP contribution in [0.1, 0.15) is 53.9 Å². The Bertz CT molecular complexity index is 223. The highest BCUT2D eigenvalue weighted by Crippen LogP contribution is 2.26. The molecule has 1 atom stereocenters. The van der Waals surface area contributed by atoms with Crippen molar-refractivity contribution in [2.24, 2.45) is 5.41 Å². The van der Waals surface area contributed by atoms with E-state index in [1.807, 2.05) is 6.92 Å². The maximum absolute atomic E-state index is 11.6. The molecule has 0 N–H and O–H groups in total. The molecule has 0 aliphatic carbocycles. The zero-order chi connectivity index (χ0) is 12.1. The number of rotatable bonds is 5. The molecule has 0 heterocycles. The third-order valence-corrected chi connectivity index (χ3v) is 2.48. The van der Waals surface area contributed by atoms with Gasteiger partial charge in [0.05, 0.1) is 0 Å². The minimum absolute atomic E-state index is 0.000306. The number of esters is 1. The minimum atomic E-state index is -0.245. The summed E-state index contributed by atoms with van der Waals surface area (Å²) in [5.41, 5.74) is 0.556. The van der Waals surface area contributed by atoms with Crippen LogP contribution in [0.5, 0.6) is 0 Å². The summed E-state index contributed by atoms with van der Waals surface area (Å²) >= 11 is 0. The topological polar surface area (TPSA) is 26.3 Å². The van der Waals surface area contributed by atoms with Crippen molar-refractivity contribution in [3.8, 4) is 0 Å². The van der Waals surface area contributed by atoms with E-state index in [4.69, 9.17) is 4.74 Å². The van der Waals surface area contributed by atoms with Crippen molar-refractivity contribution >= 4 is 5.97 Å². The third kappa shape index (κ3) is 5.01. The minimum Gasteiger partial charge on any atom is -0.458 e. The van der Waals surface area contributed by atoms with Crippen LogP contribution in [0, 0.1) is 5.41 Å². The van der Waals surface area contributed by atoms with Crippen LogP contribution in [-0.4, -0.2) is 12.1 Å². The van der Waals surface area contributed by atoms with Gasteiger partial charge < -0.3 is 4.74 Å². The van der Waals surface area contributed by atoms with Gasteiger partial charge in [-0.2, -0.15) is 0 Å². The van der Waals surface area contributed by atoms with Crippen LogP contribution in [0.3, 0.4) is 0 Å². The molecule has 0 aromatic rings. The normalized spacial score (nSPS) is 13.4. The van der Waals surface area contributed by atoms with Gasteiger partial charge in [-0.25, -0.2) is 4.79 Å². The van der Waals surface area contributed by atoms with Crippen LogP contribution in [0.25, 0.3) is 0 Å². The summed E-state index contributed by atoms with van der Waals surface area (Å²) in [6.07, 6.45) is 2.57. The van der Waals surface area contributed by atoms with Crippen LogP contribution in [0.2, 0.25) is 0 Å². The van der Waals surface area contributed by atoms with E-state index in [0.29, 0.717) is 12.0 Å². The summed E-state index contributed by atoms with van der Waals surface area (Å²) in [7, 11) is 0. The van der Waals surface area contributed by atoms with Gasteiger partial charge in [0, 0.05) is 5.57 Å². The Labute approximate surface area is 93.7 Å². The third-order valence-electron chi connectivity index (χ3n) is 2.48. The second-order valence-corrected chi connectivity index (χ2v) is 5.01. The summed E-state index contributed by atoms with van der Waals surface area (Å²) in [4.78, 5) is 11.6. The Hall–Kier alpha value is -0.790. The molecule has 2 nitrogen and oxygen atoms in total. The van der Waals surface area contributed by atoms with Gasteiger partial charge in [-0.05, 0) is 18.3 Å². The first-order valence-electron chi connectivity index (χ1n) is 5.71. The molecule has 0 aliphatic heterocycles.